The molecule has 0 bridgehead atoms. The summed E-state index contributed by atoms with van der Waals surface area (Å²) in [6.07, 6.45) is 0. The van der Waals surface area contributed by atoms with Gasteiger partial charge in [-0.15, -0.1) is 0 Å². The molecule has 4 heteroatoms. The van der Waals surface area contributed by atoms with Gasteiger partial charge in [-0.25, -0.2) is 8.78 Å². The van der Waals surface area contributed by atoms with Gasteiger partial charge in [0.05, 0.1) is 0 Å². The molecule has 2 aromatic carbocycles. The van der Waals surface area contributed by atoms with Crippen molar-refractivity contribution >= 4 is 11.6 Å². The summed E-state index contributed by atoms with van der Waals surface area (Å²) in [4.78, 5) is 11.9. The Bertz CT molecular complexity index is 615. The average Bonchev–Trinajstić information content (AvgIpc) is 2.36. The number of carbonyl (C=O) groups is 1. The number of amides is 1. The Balaban J connectivity index is 2.24. The van der Waals surface area contributed by atoms with Crippen molar-refractivity contribution in [1.82, 2.24) is 0 Å². The van der Waals surface area contributed by atoms with E-state index in [1.54, 1.807) is 18.2 Å². The monoisotopic (exact) mass is 261 g/mol. The molecule has 0 heterocycles. The molecule has 0 atom stereocenters. The lowest BCUT2D eigenvalue weighted by atomic mass is 10.1. The smallest absolute Gasteiger partial charge is 0.255 e. The summed E-state index contributed by atoms with van der Waals surface area (Å²) < 4.78 is 26.7. The van der Waals surface area contributed by atoms with E-state index in [4.69, 9.17) is 0 Å². The average molecular weight is 261 g/mol. The first kappa shape index (κ1) is 13.2. The Kier molecular flexibility index (Phi) is 3.60. The molecule has 2 nitrogen and oxygen atoms in total. The van der Waals surface area contributed by atoms with E-state index in [1.807, 2.05) is 13.0 Å². The third kappa shape index (κ3) is 2.96. The number of rotatable bonds is 2. The molecule has 0 saturated heterocycles. The summed E-state index contributed by atoms with van der Waals surface area (Å²) in [7, 11) is 0. The lowest BCUT2D eigenvalue weighted by molar-refractivity contribution is 0.102. The second kappa shape index (κ2) is 5.18. The van der Waals surface area contributed by atoms with Gasteiger partial charge in [-0.2, -0.15) is 0 Å². The first-order chi connectivity index (χ1) is 8.97. The van der Waals surface area contributed by atoms with E-state index >= 15 is 0 Å². The van der Waals surface area contributed by atoms with E-state index in [2.05, 4.69) is 5.32 Å². The van der Waals surface area contributed by atoms with Gasteiger partial charge in [-0.3, -0.25) is 4.79 Å². The zero-order chi connectivity index (χ0) is 14.0. The van der Waals surface area contributed by atoms with Gasteiger partial charge in [-0.05, 0) is 38.1 Å². The Labute approximate surface area is 110 Å². The number of nitrogens with one attached hydrogen (secondary N) is 1. The molecule has 0 spiro atoms. The van der Waals surface area contributed by atoms with Gasteiger partial charge < -0.3 is 5.32 Å². The van der Waals surface area contributed by atoms with E-state index in [9.17, 15) is 13.6 Å². The molecule has 98 valence electrons. The van der Waals surface area contributed by atoms with Gasteiger partial charge in [0.1, 0.15) is 11.6 Å². The predicted molar refractivity (Wildman–Crippen MR) is 70.2 cm³/mol. The lowest BCUT2D eigenvalue weighted by Crippen LogP contribution is -2.12. The summed E-state index contributed by atoms with van der Waals surface area (Å²) in [5.74, 6) is -1.76. The molecule has 1 amide bonds. The summed E-state index contributed by atoms with van der Waals surface area (Å²) in [5, 5.41) is 2.48. The fraction of sp³-hybridized carbons (Fsp3) is 0.133. The van der Waals surface area contributed by atoms with Crippen LogP contribution in [0.2, 0.25) is 0 Å². The van der Waals surface area contributed by atoms with Gasteiger partial charge in [-0.1, -0.05) is 17.7 Å². The van der Waals surface area contributed by atoms with Crippen LogP contribution in [0.4, 0.5) is 14.5 Å². The molecule has 0 aliphatic heterocycles. The van der Waals surface area contributed by atoms with E-state index < -0.39 is 17.5 Å². The Morgan fingerprint density at radius 2 is 1.68 bits per heavy atom. The van der Waals surface area contributed by atoms with Gasteiger partial charge >= 0.3 is 0 Å². The first-order valence-corrected chi connectivity index (χ1v) is 5.81. The molecule has 0 aliphatic carbocycles. The maximum Gasteiger partial charge on any atom is 0.255 e. The number of benzene rings is 2. The van der Waals surface area contributed by atoms with Crippen molar-refractivity contribution in [1.29, 1.82) is 0 Å². The highest BCUT2D eigenvalue weighted by Gasteiger charge is 2.10. The van der Waals surface area contributed by atoms with Crippen LogP contribution in [0.1, 0.15) is 21.5 Å². The Morgan fingerprint density at radius 3 is 2.26 bits per heavy atom. The van der Waals surface area contributed by atoms with Crippen LogP contribution in [0.15, 0.2) is 36.4 Å². The van der Waals surface area contributed by atoms with Gasteiger partial charge in [0.15, 0.2) is 0 Å². The number of carbonyl (C=O) groups excluding carboxylic acids is 1. The van der Waals surface area contributed by atoms with Crippen molar-refractivity contribution < 1.29 is 13.6 Å². The van der Waals surface area contributed by atoms with Crippen molar-refractivity contribution in [2.45, 2.75) is 13.8 Å². The zero-order valence-electron chi connectivity index (χ0n) is 10.6. The standard InChI is InChI=1S/C15H13F2NO/c1-9-4-3-5-11(6-9)15(19)18-12-7-13(16)10(2)14(17)8-12/h3-8H,1-2H3,(H,18,19). The van der Waals surface area contributed by atoms with Crippen molar-refractivity contribution in [3.63, 3.8) is 0 Å². The second-order valence-corrected chi connectivity index (χ2v) is 4.39. The quantitative estimate of drug-likeness (QED) is 0.874. The normalized spacial score (nSPS) is 10.3. The molecule has 0 fully saturated rings. The molecule has 1 N–H and O–H groups in total. The van der Waals surface area contributed by atoms with Gasteiger partial charge in [0.25, 0.3) is 5.91 Å². The molecular weight excluding hydrogens is 248 g/mol. The minimum Gasteiger partial charge on any atom is -0.322 e. The largest absolute Gasteiger partial charge is 0.322 e. The fourth-order valence-electron chi connectivity index (χ4n) is 1.71. The second-order valence-electron chi connectivity index (χ2n) is 4.39. The van der Waals surface area contributed by atoms with Crippen molar-refractivity contribution in [3.8, 4) is 0 Å². The van der Waals surface area contributed by atoms with Crippen molar-refractivity contribution in [2.75, 3.05) is 5.32 Å². The SMILES string of the molecule is Cc1cccc(C(=O)Nc2cc(F)c(C)c(F)c2)c1. The number of anilines is 1. The number of hydrogen-bond donors (Lipinski definition) is 1. The maximum absolute atomic E-state index is 13.4. The molecule has 0 aliphatic rings. The first-order valence-electron chi connectivity index (χ1n) is 5.81. The van der Waals surface area contributed by atoms with E-state index in [1.165, 1.54) is 6.92 Å². The van der Waals surface area contributed by atoms with Crippen LogP contribution in [0.25, 0.3) is 0 Å². The van der Waals surface area contributed by atoms with Gasteiger partial charge in [0.2, 0.25) is 0 Å². The number of halogens is 2. The van der Waals surface area contributed by atoms with Crippen LogP contribution in [0.5, 0.6) is 0 Å². The van der Waals surface area contributed by atoms with Crippen LogP contribution in [0.3, 0.4) is 0 Å². The van der Waals surface area contributed by atoms with E-state index in [0.29, 0.717) is 5.56 Å². The number of aryl methyl sites for hydroxylation is 1. The summed E-state index contributed by atoms with van der Waals surface area (Å²) >= 11 is 0. The topological polar surface area (TPSA) is 29.1 Å². The Morgan fingerprint density at radius 1 is 1.05 bits per heavy atom. The van der Waals surface area contributed by atoms with Crippen LogP contribution in [-0.2, 0) is 0 Å². The zero-order valence-corrected chi connectivity index (χ0v) is 10.6. The van der Waals surface area contributed by atoms with E-state index in [0.717, 1.165) is 17.7 Å². The minimum atomic E-state index is -0.681. The Hall–Kier alpha value is -2.23. The van der Waals surface area contributed by atoms with Crippen LogP contribution in [0, 0.1) is 25.5 Å². The van der Waals surface area contributed by atoms with E-state index in [-0.39, 0.29) is 11.3 Å². The molecule has 0 saturated carbocycles. The lowest BCUT2D eigenvalue weighted by Gasteiger charge is -2.08. The molecule has 19 heavy (non-hydrogen) atoms. The minimum absolute atomic E-state index is 0.0615. The molecule has 0 aromatic heterocycles. The summed E-state index contributed by atoms with van der Waals surface area (Å²) in [5.41, 5.74) is 1.43. The van der Waals surface area contributed by atoms with Crippen molar-refractivity contribution in [3.05, 3.63) is 64.7 Å². The molecule has 2 rings (SSSR count). The maximum atomic E-state index is 13.4. The highest BCUT2D eigenvalue weighted by Crippen LogP contribution is 2.18. The predicted octanol–water partition coefficient (Wildman–Crippen LogP) is 3.83. The van der Waals surface area contributed by atoms with Crippen LogP contribution < -0.4 is 5.32 Å². The molecule has 2 aromatic rings. The summed E-state index contributed by atoms with van der Waals surface area (Å²) in [6, 6.07) is 9.17. The summed E-state index contributed by atoms with van der Waals surface area (Å²) in [6.45, 7) is 3.21. The highest BCUT2D eigenvalue weighted by atomic mass is 19.1. The third-order valence-electron chi connectivity index (χ3n) is 2.82. The molecule has 0 unspecified atom stereocenters. The highest BCUT2D eigenvalue weighted by molar-refractivity contribution is 6.04. The van der Waals surface area contributed by atoms with Crippen LogP contribution in [-0.4, -0.2) is 5.91 Å². The number of hydrogen-bond acceptors (Lipinski definition) is 1. The molecular formula is C15H13F2NO. The van der Waals surface area contributed by atoms with Crippen molar-refractivity contribution in [2.24, 2.45) is 0 Å². The molecule has 0 radical (unpaired) electrons. The van der Waals surface area contributed by atoms with Gasteiger partial charge in [0, 0.05) is 16.8 Å². The van der Waals surface area contributed by atoms with Crippen LogP contribution >= 0.6 is 0 Å². The third-order valence-corrected chi connectivity index (χ3v) is 2.82. The fourth-order valence-corrected chi connectivity index (χ4v) is 1.71.